The summed E-state index contributed by atoms with van der Waals surface area (Å²) in [6.07, 6.45) is -1.09. The zero-order valence-electron chi connectivity index (χ0n) is 10.8. The highest BCUT2D eigenvalue weighted by molar-refractivity contribution is 5.40. The maximum Gasteiger partial charge on any atom is 0.416 e. The van der Waals surface area contributed by atoms with E-state index in [-0.39, 0.29) is 0 Å². The number of hydrogen-bond donors (Lipinski definition) is 1. The minimum absolute atomic E-state index is 0.317. The molecule has 0 aliphatic heterocycles. The van der Waals surface area contributed by atoms with E-state index < -0.39 is 11.7 Å². The maximum absolute atomic E-state index is 12.7. The summed E-state index contributed by atoms with van der Waals surface area (Å²) in [5, 5.41) is 2.91. The Morgan fingerprint density at radius 1 is 1.17 bits per heavy atom. The lowest BCUT2D eigenvalue weighted by molar-refractivity contribution is -0.137. The van der Waals surface area contributed by atoms with Crippen LogP contribution in [-0.2, 0) is 12.6 Å². The van der Waals surface area contributed by atoms with Gasteiger partial charge in [0.05, 0.1) is 5.56 Å². The molecule has 0 saturated carbocycles. The molecule has 0 fully saturated rings. The normalized spacial score (nSPS) is 11.6. The van der Waals surface area contributed by atoms with Gasteiger partial charge in [0.2, 0.25) is 0 Å². The van der Waals surface area contributed by atoms with Crippen LogP contribution in [0.5, 0.6) is 0 Å². The number of nitrogens with one attached hydrogen (secondary N) is 1. The standard InChI is InChI=1S/C13H19F3N2/c1-3-5-6-11-8-10(13(14,15)16)9-12(18-11)17-7-4-2/h8-9H,3-7H2,1-2H3,(H,17,18). The number of halogens is 3. The van der Waals surface area contributed by atoms with Crippen molar-refractivity contribution in [1.29, 1.82) is 0 Å². The van der Waals surface area contributed by atoms with Crippen molar-refractivity contribution in [2.24, 2.45) is 0 Å². The smallest absolute Gasteiger partial charge is 0.370 e. The third kappa shape index (κ3) is 4.55. The molecule has 0 spiro atoms. The summed E-state index contributed by atoms with van der Waals surface area (Å²) in [5.41, 5.74) is -0.118. The number of nitrogens with zero attached hydrogens (tertiary/aromatic N) is 1. The molecule has 1 aromatic heterocycles. The fourth-order valence-corrected chi connectivity index (χ4v) is 1.58. The number of aryl methyl sites for hydroxylation is 1. The Morgan fingerprint density at radius 3 is 2.44 bits per heavy atom. The molecule has 0 atom stereocenters. The first-order valence-electron chi connectivity index (χ1n) is 6.29. The third-order valence-corrected chi connectivity index (χ3v) is 2.55. The Kier molecular flexibility index (Phi) is 5.44. The minimum Gasteiger partial charge on any atom is -0.370 e. The summed E-state index contributed by atoms with van der Waals surface area (Å²) in [7, 11) is 0. The van der Waals surface area contributed by atoms with Gasteiger partial charge in [-0.15, -0.1) is 0 Å². The number of pyridine rings is 1. The van der Waals surface area contributed by atoms with Crippen LogP contribution < -0.4 is 5.32 Å². The molecule has 0 aromatic carbocycles. The highest BCUT2D eigenvalue weighted by Gasteiger charge is 2.31. The van der Waals surface area contributed by atoms with E-state index in [0.29, 0.717) is 24.5 Å². The van der Waals surface area contributed by atoms with Crippen molar-refractivity contribution < 1.29 is 13.2 Å². The fraction of sp³-hybridized carbons (Fsp3) is 0.615. The van der Waals surface area contributed by atoms with Crippen molar-refractivity contribution >= 4 is 5.82 Å². The number of anilines is 1. The summed E-state index contributed by atoms with van der Waals surface area (Å²) in [4.78, 5) is 4.21. The number of unbranched alkanes of at least 4 members (excludes halogenated alkanes) is 1. The SMILES string of the molecule is CCCCc1cc(C(F)(F)F)cc(NCCC)n1. The largest absolute Gasteiger partial charge is 0.416 e. The van der Waals surface area contributed by atoms with E-state index in [4.69, 9.17) is 0 Å². The number of hydrogen-bond acceptors (Lipinski definition) is 2. The van der Waals surface area contributed by atoms with Gasteiger partial charge in [-0.25, -0.2) is 4.98 Å². The summed E-state index contributed by atoms with van der Waals surface area (Å²) in [6.45, 7) is 4.59. The Bertz CT molecular complexity index is 349. The summed E-state index contributed by atoms with van der Waals surface area (Å²) in [6, 6.07) is 2.22. The zero-order chi connectivity index (χ0) is 13.6. The Hall–Kier alpha value is -1.26. The molecule has 0 amide bonds. The van der Waals surface area contributed by atoms with E-state index in [1.54, 1.807) is 0 Å². The van der Waals surface area contributed by atoms with E-state index in [9.17, 15) is 13.2 Å². The van der Waals surface area contributed by atoms with Crippen molar-refractivity contribution in [3.8, 4) is 0 Å². The molecule has 0 radical (unpaired) electrons. The first kappa shape index (κ1) is 14.8. The quantitative estimate of drug-likeness (QED) is 0.826. The van der Waals surface area contributed by atoms with Gasteiger partial charge in [-0.2, -0.15) is 13.2 Å². The first-order chi connectivity index (χ1) is 8.47. The molecule has 0 aliphatic rings. The molecule has 2 nitrogen and oxygen atoms in total. The molecule has 18 heavy (non-hydrogen) atoms. The van der Waals surface area contributed by atoms with Crippen molar-refractivity contribution in [1.82, 2.24) is 4.98 Å². The van der Waals surface area contributed by atoms with E-state index >= 15 is 0 Å². The molecule has 0 unspecified atom stereocenters. The molecular formula is C13H19F3N2. The van der Waals surface area contributed by atoms with E-state index in [1.165, 1.54) is 0 Å². The van der Waals surface area contributed by atoms with Crippen LogP contribution in [-0.4, -0.2) is 11.5 Å². The van der Waals surface area contributed by atoms with Gasteiger partial charge in [0.15, 0.2) is 0 Å². The second-order valence-corrected chi connectivity index (χ2v) is 4.26. The molecule has 0 bridgehead atoms. The molecule has 1 aromatic rings. The number of alkyl halides is 3. The minimum atomic E-state index is -4.31. The average molecular weight is 260 g/mol. The lowest BCUT2D eigenvalue weighted by Gasteiger charge is -2.12. The second-order valence-electron chi connectivity index (χ2n) is 4.26. The van der Waals surface area contributed by atoms with Gasteiger partial charge in [0, 0.05) is 12.2 Å². The van der Waals surface area contributed by atoms with Crippen LogP contribution in [0.15, 0.2) is 12.1 Å². The summed E-state index contributed by atoms with van der Waals surface area (Å²) in [5.74, 6) is 0.317. The van der Waals surface area contributed by atoms with Gasteiger partial charge in [-0.3, -0.25) is 0 Å². The second kappa shape index (κ2) is 6.61. The Morgan fingerprint density at radius 2 is 1.89 bits per heavy atom. The fourth-order valence-electron chi connectivity index (χ4n) is 1.58. The molecular weight excluding hydrogens is 241 g/mol. The van der Waals surface area contributed by atoms with E-state index in [0.717, 1.165) is 31.4 Å². The number of rotatable bonds is 6. The topological polar surface area (TPSA) is 24.9 Å². The van der Waals surface area contributed by atoms with Crippen LogP contribution in [0.2, 0.25) is 0 Å². The molecule has 1 rings (SSSR count). The highest BCUT2D eigenvalue weighted by Crippen LogP contribution is 2.31. The third-order valence-electron chi connectivity index (χ3n) is 2.55. The van der Waals surface area contributed by atoms with Crippen LogP contribution in [0.25, 0.3) is 0 Å². The summed E-state index contributed by atoms with van der Waals surface area (Å²) >= 11 is 0. The van der Waals surface area contributed by atoms with Gasteiger partial charge >= 0.3 is 6.18 Å². The van der Waals surface area contributed by atoms with Gasteiger partial charge < -0.3 is 5.32 Å². The van der Waals surface area contributed by atoms with Crippen LogP contribution in [0.4, 0.5) is 19.0 Å². The lowest BCUT2D eigenvalue weighted by atomic mass is 10.1. The predicted octanol–water partition coefficient (Wildman–Crippen LogP) is 4.26. The Balaban J connectivity index is 2.96. The van der Waals surface area contributed by atoms with Crippen LogP contribution in [0.3, 0.4) is 0 Å². The first-order valence-corrected chi connectivity index (χ1v) is 6.29. The van der Waals surface area contributed by atoms with Gasteiger partial charge in [0.1, 0.15) is 5.82 Å². The predicted molar refractivity (Wildman–Crippen MR) is 66.6 cm³/mol. The highest BCUT2D eigenvalue weighted by atomic mass is 19.4. The summed E-state index contributed by atoms with van der Waals surface area (Å²) < 4.78 is 38.2. The number of aromatic nitrogens is 1. The van der Waals surface area contributed by atoms with Gasteiger partial charge in [-0.1, -0.05) is 20.3 Å². The molecule has 1 heterocycles. The van der Waals surface area contributed by atoms with Crippen LogP contribution in [0.1, 0.15) is 44.4 Å². The van der Waals surface area contributed by atoms with Crippen molar-refractivity contribution in [3.05, 3.63) is 23.4 Å². The maximum atomic E-state index is 12.7. The zero-order valence-corrected chi connectivity index (χ0v) is 10.8. The van der Waals surface area contributed by atoms with Crippen molar-refractivity contribution in [2.45, 2.75) is 45.7 Å². The molecule has 0 saturated heterocycles. The molecule has 1 N–H and O–H groups in total. The molecule has 102 valence electrons. The molecule has 5 heteroatoms. The van der Waals surface area contributed by atoms with Crippen LogP contribution >= 0.6 is 0 Å². The average Bonchev–Trinajstić information content (AvgIpc) is 2.32. The van der Waals surface area contributed by atoms with Crippen LogP contribution in [0, 0.1) is 0 Å². The van der Waals surface area contributed by atoms with Gasteiger partial charge in [0.25, 0.3) is 0 Å². The van der Waals surface area contributed by atoms with Crippen molar-refractivity contribution in [2.75, 3.05) is 11.9 Å². The van der Waals surface area contributed by atoms with E-state index in [1.807, 2.05) is 13.8 Å². The van der Waals surface area contributed by atoms with E-state index in [2.05, 4.69) is 10.3 Å². The lowest BCUT2D eigenvalue weighted by Crippen LogP contribution is -2.10. The monoisotopic (exact) mass is 260 g/mol. The van der Waals surface area contributed by atoms with Gasteiger partial charge in [-0.05, 0) is 31.4 Å². The van der Waals surface area contributed by atoms with Crippen molar-refractivity contribution in [3.63, 3.8) is 0 Å². The Labute approximate surface area is 106 Å². The molecule has 0 aliphatic carbocycles.